The van der Waals surface area contributed by atoms with E-state index >= 15 is 0 Å². The first-order chi connectivity index (χ1) is 10.2. The van der Waals surface area contributed by atoms with Gasteiger partial charge in [0.2, 0.25) is 0 Å². The second-order valence-corrected chi connectivity index (χ2v) is 4.67. The maximum Gasteiger partial charge on any atom is 0.338 e. The molecule has 0 fully saturated rings. The Labute approximate surface area is 124 Å². The van der Waals surface area contributed by atoms with E-state index < -0.39 is 0 Å². The number of ether oxygens (including phenoxy) is 2. The highest BCUT2D eigenvalue weighted by atomic mass is 16.5. The van der Waals surface area contributed by atoms with Crippen molar-refractivity contribution in [3.8, 4) is 5.75 Å². The lowest BCUT2D eigenvalue weighted by Gasteiger charge is -2.07. The predicted molar refractivity (Wildman–Crippen MR) is 81.3 cm³/mol. The molecule has 21 heavy (non-hydrogen) atoms. The lowest BCUT2D eigenvalue weighted by molar-refractivity contribution is 0.0472. The number of carbonyl (C=O) groups is 1. The van der Waals surface area contributed by atoms with Gasteiger partial charge in [0.05, 0.1) is 12.7 Å². The zero-order valence-corrected chi connectivity index (χ0v) is 12.0. The molecule has 0 aliphatic heterocycles. The van der Waals surface area contributed by atoms with E-state index in [0.29, 0.717) is 12.1 Å². The average molecular weight is 285 g/mol. The third-order valence-corrected chi connectivity index (χ3v) is 3.10. The molecular weight excluding hydrogens is 266 g/mol. The topological polar surface area (TPSA) is 61.5 Å². The van der Waals surface area contributed by atoms with Gasteiger partial charge in [-0.15, -0.1) is 0 Å². The highest BCUT2D eigenvalue weighted by molar-refractivity contribution is 5.89. The fraction of sp³-hybridized carbons (Fsp3) is 0.235. The third-order valence-electron chi connectivity index (χ3n) is 3.10. The molecule has 0 spiro atoms. The van der Waals surface area contributed by atoms with Crippen molar-refractivity contribution in [2.24, 2.45) is 5.73 Å². The van der Waals surface area contributed by atoms with Gasteiger partial charge in [-0.05, 0) is 48.4 Å². The van der Waals surface area contributed by atoms with Gasteiger partial charge in [-0.3, -0.25) is 0 Å². The molecule has 2 N–H and O–H groups in total. The fourth-order valence-corrected chi connectivity index (χ4v) is 2.01. The van der Waals surface area contributed by atoms with Crippen LogP contribution in [0.15, 0.2) is 48.5 Å². The molecule has 0 saturated carbocycles. The molecule has 0 unspecified atom stereocenters. The number of rotatable bonds is 6. The summed E-state index contributed by atoms with van der Waals surface area (Å²) in [5.41, 5.74) is 7.99. The summed E-state index contributed by atoms with van der Waals surface area (Å²) in [7, 11) is 1.61. The van der Waals surface area contributed by atoms with Crippen LogP contribution < -0.4 is 10.5 Å². The van der Waals surface area contributed by atoms with Gasteiger partial charge < -0.3 is 15.2 Å². The standard InChI is InChI=1S/C17H19NO3/c1-20-16-7-3-5-14(11-16)12-21-17(19)15-6-2-4-13(10-15)8-9-18/h2-7,10-11H,8-9,12,18H2,1H3. The second-order valence-electron chi connectivity index (χ2n) is 4.67. The summed E-state index contributed by atoms with van der Waals surface area (Å²) in [6.07, 6.45) is 0.747. The van der Waals surface area contributed by atoms with Crippen LogP contribution in [0.1, 0.15) is 21.5 Å². The van der Waals surface area contributed by atoms with Crippen LogP contribution in [0.2, 0.25) is 0 Å². The van der Waals surface area contributed by atoms with Gasteiger partial charge in [0.1, 0.15) is 12.4 Å². The Hall–Kier alpha value is -2.33. The first-order valence-corrected chi connectivity index (χ1v) is 6.82. The van der Waals surface area contributed by atoms with Gasteiger partial charge in [-0.2, -0.15) is 0 Å². The molecule has 0 aromatic heterocycles. The molecule has 0 heterocycles. The molecule has 110 valence electrons. The Morgan fingerprint density at radius 3 is 2.62 bits per heavy atom. The fourth-order valence-electron chi connectivity index (χ4n) is 2.01. The van der Waals surface area contributed by atoms with E-state index in [4.69, 9.17) is 15.2 Å². The van der Waals surface area contributed by atoms with Crippen molar-refractivity contribution in [1.82, 2.24) is 0 Å². The van der Waals surface area contributed by atoms with E-state index in [0.717, 1.165) is 23.3 Å². The average Bonchev–Trinajstić information content (AvgIpc) is 2.53. The van der Waals surface area contributed by atoms with Crippen LogP contribution in [0.3, 0.4) is 0 Å². The van der Waals surface area contributed by atoms with E-state index in [2.05, 4.69) is 0 Å². The van der Waals surface area contributed by atoms with Crippen molar-refractivity contribution in [1.29, 1.82) is 0 Å². The molecule has 4 heteroatoms. The van der Waals surface area contributed by atoms with Gasteiger partial charge in [-0.25, -0.2) is 4.79 Å². The van der Waals surface area contributed by atoms with Crippen molar-refractivity contribution in [3.05, 3.63) is 65.2 Å². The van der Waals surface area contributed by atoms with Gasteiger partial charge >= 0.3 is 5.97 Å². The number of methoxy groups -OCH3 is 1. The normalized spacial score (nSPS) is 10.2. The smallest absolute Gasteiger partial charge is 0.338 e. The molecule has 0 bridgehead atoms. The van der Waals surface area contributed by atoms with Crippen LogP contribution in [0.5, 0.6) is 5.75 Å². The maximum absolute atomic E-state index is 12.0. The van der Waals surface area contributed by atoms with Crippen LogP contribution in [0.25, 0.3) is 0 Å². The summed E-state index contributed by atoms with van der Waals surface area (Å²) in [4.78, 5) is 12.0. The first-order valence-electron chi connectivity index (χ1n) is 6.82. The van der Waals surface area contributed by atoms with Crippen molar-refractivity contribution in [2.75, 3.05) is 13.7 Å². The lowest BCUT2D eigenvalue weighted by atomic mass is 10.1. The molecule has 0 atom stereocenters. The van der Waals surface area contributed by atoms with Crippen molar-refractivity contribution >= 4 is 5.97 Å². The van der Waals surface area contributed by atoms with E-state index in [1.165, 1.54) is 0 Å². The molecular formula is C17H19NO3. The number of carbonyl (C=O) groups excluding carboxylic acids is 1. The number of nitrogens with two attached hydrogens (primary N) is 1. The van der Waals surface area contributed by atoms with Crippen molar-refractivity contribution in [3.63, 3.8) is 0 Å². The third kappa shape index (κ3) is 4.33. The molecule has 0 aliphatic carbocycles. The minimum Gasteiger partial charge on any atom is -0.497 e. The van der Waals surface area contributed by atoms with Crippen molar-refractivity contribution in [2.45, 2.75) is 13.0 Å². The highest BCUT2D eigenvalue weighted by Crippen LogP contribution is 2.14. The Morgan fingerprint density at radius 2 is 1.86 bits per heavy atom. The summed E-state index contributed by atoms with van der Waals surface area (Å²) in [6.45, 7) is 0.777. The Balaban J connectivity index is 1.99. The van der Waals surface area contributed by atoms with Crippen LogP contribution in [0.4, 0.5) is 0 Å². The molecule has 2 rings (SSSR count). The number of hydrogen-bond acceptors (Lipinski definition) is 4. The molecule has 0 saturated heterocycles. The number of benzene rings is 2. The largest absolute Gasteiger partial charge is 0.497 e. The monoisotopic (exact) mass is 285 g/mol. The number of esters is 1. The minimum absolute atomic E-state index is 0.219. The summed E-state index contributed by atoms with van der Waals surface area (Å²) >= 11 is 0. The minimum atomic E-state index is -0.336. The quantitative estimate of drug-likeness (QED) is 0.829. The predicted octanol–water partition coefficient (Wildman–Crippen LogP) is 2.55. The van der Waals surface area contributed by atoms with E-state index in [1.807, 2.05) is 42.5 Å². The van der Waals surface area contributed by atoms with E-state index in [9.17, 15) is 4.79 Å². The maximum atomic E-state index is 12.0. The summed E-state index contributed by atoms with van der Waals surface area (Å²) < 4.78 is 10.5. The molecule has 0 radical (unpaired) electrons. The van der Waals surface area contributed by atoms with Gasteiger partial charge in [0.25, 0.3) is 0 Å². The first kappa shape index (κ1) is 15.1. The Morgan fingerprint density at radius 1 is 1.10 bits per heavy atom. The van der Waals surface area contributed by atoms with Gasteiger partial charge in [-0.1, -0.05) is 24.3 Å². The molecule has 0 aliphatic rings. The summed E-state index contributed by atoms with van der Waals surface area (Å²) in [5, 5.41) is 0. The second kappa shape index (κ2) is 7.45. The molecule has 2 aromatic rings. The molecule has 2 aromatic carbocycles. The van der Waals surface area contributed by atoms with Crippen LogP contribution in [0, 0.1) is 0 Å². The Bertz CT molecular complexity index is 610. The zero-order chi connectivity index (χ0) is 15.1. The molecule has 0 amide bonds. The van der Waals surface area contributed by atoms with Gasteiger partial charge in [0, 0.05) is 0 Å². The van der Waals surface area contributed by atoms with Crippen LogP contribution in [-0.2, 0) is 17.8 Å². The van der Waals surface area contributed by atoms with Gasteiger partial charge in [0.15, 0.2) is 0 Å². The summed E-state index contributed by atoms with van der Waals surface area (Å²) in [5.74, 6) is 0.408. The zero-order valence-electron chi connectivity index (χ0n) is 12.0. The highest BCUT2D eigenvalue weighted by Gasteiger charge is 2.08. The van der Waals surface area contributed by atoms with Crippen molar-refractivity contribution < 1.29 is 14.3 Å². The Kier molecular flexibility index (Phi) is 5.35. The van der Waals surface area contributed by atoms with E-state index in [1.54, 1.807) is 13.2 Å². The van der Waals surface area contributed by atoms with E-state index in [-0.39, 0.29) is 12.6 Å². The molecule has 4 nitrogen and oxygen atoms in total. The summed E-state index contributed by atoms with van der Waals surface area (Å²) in [6, 6.07) is 14.8. The number of hydrogen-bond donors (Lipinski definition) is 1. The SMILES string of the molecule is COc1cccc(COC(=O)c2cccc(CCN)c2)c1. The lowest BCUT2D eigenvalue weighted by Crippen LogP contribution is -2.07. The van der Waals surface area contributed by atoms with Crippen LogP contribution in [-0.4, -0.2) is 19.6 Å². The van der Waals surface area contributed by atoms with Crippen LogP contribution >= 0.6 is 0 Å².